The standard InChI is InChI=1S/C19H20BN3O3/c1-12-8-14(3-5-18(12)20(25)26)17(10-21)19(24)23-16-4-2-15-11-22-7-6-13(15)9-16/h2-9,11,17,25-26H,10,21H2,1H3,(H,23,24). The second-order valence-corrected chi connectivity index (χ2v) is 6.20. The van der Waals surface area contributed by atoms with Crippen molar-refractivity contribution in [2.45, 2.75) is 12.8 Å². The number of hydrogen-bond donors (Lipinski definition) is 4. The first-order chi connectivity index (χ1) is 12.5. The van der Waals surface area contributed by atoms with E-state index in [1.165, 1.54) is 0 Å². The van der Waals surface area contributed by atoms with E-state index in [4.69, 9.17) is 5.73 Å². The van der Waals surface area contributed by atoms with Gasteiger partial charge >= 0.3 is 7.12 Å². The Labute approximate surface area is 151 Å². The van der Waals surface area contributed by atoms with Crippen LogP contribution < -0.4 is 16.5 Å². The number of nitrogens with one attached hydrogen (secondary N) is 1. The van der Waals surface area contributed by atoms with Crippen LogP contribution in [0.15, 0.2) is 54.9 Å². The lowest BCUT2D eigenvalue weighted by Gasteiger charge is -2.17. The lowest BCUT2D eigenvalue weighted by Crippen LogP contribution is -2.33. The van der Waals surface area contributed by atoms with E-state index in [1.54, 1.807) is 37.5 Å². The summed E-state index contributed by atoms with van der Waals surface area (Å²) in [5.74, 6) is -0.746. The fourth-order valence-corrected chi connectivity index (χ4v) is 2.99. The molecule has 6 nitrogen and oxygen atoms in total. The first kappa shape index (κ1) is 18.1. The number of hydrogen-bond acceptors (Lipinski definition) is 5. The number of rotatable bonds is 5. The lowest BCUT2D eigenvalue weighted by molar-refractivity contribution is -0.117. The number of aromatic nitrogens is 1. The molecular weight excluding hydrogens is 329 g/mol. The topological polar surface area (TPSA) is 108 Å². The third-order valence-electron chi connectivity index (χ3n) is 4.43. The highest BCUT2D eigenvalue weighted by atomic mass is 16.4. The predicted molar refractivity (Wildman–Crippen MR) is 103 cm³/mol. The van der Waals surface area contributed by atoms with E-state index in [0.29, 0.717) is 16.7 Å². The third kappa shape index (κ3) is 3.75. The van der Waals surface area contributed by atoms with Crippen LogP contribution >= 0.6 is 0 Å². The van der Waals surface area contributed by atoms with Crippen molar-refractivity contribution in [2.75, 3.05) is 11.9 Å². The van der Waals surface area contributed by atoms with Crippen LogP contribution in [0.4, 0.5) is 5.69 Å². The number of carbonyl (C=O) groups excluding carboxylic acids is 1. The average molecular weight is 349 g/mol. The highest BCUT2D eigenvalue weighted by molar-refractivity contribution is 6.59. The van der Waals surface area contributed by atoms with Crippen LogP contribution in [-0.4, -0.2) is 34.6 Å². The number of pyridine rings is 1. The molecule has 2 aromatic carbocycles. The van der Waals surface area contributed by atoms with Crippen molar-refractivity contribution < 1.29 is 14.8 Å². The van der Waals surface area contributed by atoms with Crippen LogP contribution in [0.1, 0.15) is 17.0 Å². The maximum absolute atomic E-state index is 12.7. The number of nitrogens with zero attached hydrogens (tertiary/aromatic N) is 1. The number of anilines is 1. The molecule has 3 rings (SSSR count). The Hall–Kier alpha value is -2.74. The van der Waals surface area contributed by atoms with Crippen molar-refractivity contribution in [3.05, 3.63) is 66.0 Å². The second-order valence-electron chi connectivity index (χ2n) is 6.20. The van der Waals surface area contributed by atoms with Crippen molar-refractivity contribution in [1.29, 1.82) is 0 Å². The zero-order valence-electron chi connectivity index (χ0n) is 14.4. The number of carbonyl (C=O) groups is 1. The minimum Gasteiger partial charge on any atom is -0.423 e. The molecular formula is C19H20BN3O3. The van der Waals surface area contributed by atoms with Crippen LogP contribution in [0.25, 0.3) is 10.8 Å². The minimum atomic E-state index is -1.54. The molecule has 3 aromatic rings. The molecule has 0 aliphatic heterocycles. The Morgan fingerprint density at radius 1 is 1.19 bits per heavy atom. The van der Waals surface area contributed by atoms with Gasteiger partial charge in [-0.3, -0.25) is 9.78 Å². The molecule has 1 heterocycles. The molecule has 0 saturated heterocycles. The molecule has 132 valence electrons. The van der Waals surface area contributed by atoms with Crippen LogP contribution in [0.2, 0.25) is 0 Å². The van der Waals surface area contributed by atoms with Gasteiger partial charge in [-0.05, 0) is 41.5 Å². The van der Waals surface area contributed by atoms with E-state index in [2.05, 4.69) is 10.3 Å². The summed E-state index contributed by atoms with van der Waals surface area (Å²) in [6.45, 7) is 1.91. The summed E-state index contributed by atoms with van der Waals surface area (Å²) in [6, 6.07) is 12.6. The summed E-state index contributed by atoms with van der Waals surface area (Å²) in [7, 11) is -1.54. The first-order valence-electron chi connectivity index (χ1n) is 8.31. The van der Waals surface area contributed by atoms with Crippen LogP contribution in [-0.2, 0) is 4.79 Å². The van der Waals surface area contributed by atoms with Gasteiger partial charge in [0.05, 0.1) is 5.92 Å². The van der Waals surface area contributed by atoms with Gasteiger partial charge in [-0.1, -0.05) is 29.8 Å². The Morgan fingerprint density at radius 2 is 2.00 bits per heavy atom. The van der Waals surface area contributed by atoms with E-state index in [1.807, 2.05) is 24.3 Å². The molecule has 1 amide bonds. The fourth-order valence-electron chi connectivity index (χ4n) is 2.99. The Kier molecular flexibility index (Phi) is 5.32. The zero-order chi connectivity index (χ0) is 18.7. The van der Waals surface area contributed by atoms with Crippen LogP contribution in [0.5, 0.6) is 0 Å². The van der Waals surface area contributed by atoms with Gasteiger partial charge in [0.15, 0.2) is 0 Å². The smallest absolute Gasteiger partial charge is 0.423 e. The van der Waals surface area contributed by atoms with Crippen molar-refractivity contribution >= 4 is 34.9 Å². The van der Waals surface area contributed by atoms with Crippen molar-refractivity contribution in [2.24, 2.45) is 5.73 Å². The minimum absolute atomic E-state index is 0.143. The molecule has 1 atom stereocenters. The predicted octanol–water partition coefficient (Wildman–Crippen LogP) is 0.904. The van der Waals surface area contributed by atoms with Crippen molar-refractivity contribution in [3.63, 3.8) is 0 Å². The third-order valence-corrected chi connectivity index (χ3v) is 4.43. The summed E-state index contributed by atoms with van der Waals surface area (Å²) in [6.07, 6.45) is 3.47. The van der Waals surface area contributed by atoms with E-state index in [-0.39, 0.29) is 12.5 Å². The van der Waals surface area contributed by atoms with E-state index in [0.717, 1.165) is 16.3 Å². The zero-order valence-corrected chi connectivity index (χ0v) is 14.4. The molecule has 1 aromatic heterocycles. The number of aryl methyl sites for hydroxylation is 1. The average Bonchev–Trinajstić information content (AvgIpc) is 2.62. The van der Waals surface area contributed by atoms with Crippen molar-refractivity contribution in [1.82, 2.24) is 4.98 Å². The highest BCUT2D eigenvalue weighted by Crippen LogP contribution is 2.21. The fraction of sp³-hybridized carbons (Fsp3) is 0.158. The Morgan fingerprint density at radius 3 is 2.69 bits per heavy atom. The molecule has 0 fully saturated rings. The quantitative estimate of drug-likeness (QED) is 0.512. The van der Waals surface area contributed by atoms with Gasteiger partial charge < -0.3 is 21.1 Å². The normalized spacial score (nSPS) is 12.0. The number of benzene rings is 2. The van der Waals surface area contributed by atoms with E-state index in [9.17, 15) is 14.8 Å². The summed E-state index contributed by atoms with van der Waals surface area (Å²) in [4.78, 5) is 16.8. The molecule has 26 heavy (non-hydrogen) atoms. The molecule has 0 bridgehead atoms. The van der Waals surface area contributed by atoms with Gasteiger partial charge in [-0.25, -0.2) is 0 Å². The van der Waals surface area contributed by atoms with Gasteiger partial charge in [0.25, 0.3) is 0 Å². The van der Waals surface area contributed by atoms with Gasteiger partial charge in [0.1, 0.15) is 0 Å². The summed E-state index contributed by atoms with van der Waals surface area (Å²) < 4.78 is 0. The van der Waals surface area contributed by atoms with Gasteiger partial charge in [-0.2, -0.15) is 0 Å². The van der Waals surface area contributed by atoms with Crippen LogP contribution in [0.3, 0.4) is 0 Å². The largest absolute Gasteiger partial charge is 0.488 e. The monoisotopic (exact) mass is 349 g/mol. The number of amides is 1. The van der Waals surface area contributed by atoms with Gasteiger partial charge in [0.2, 0.25) is 5.91 Å². The Balaban J connectivity index is 1.83. The van der Waals surface area contributed by atoms with Crippen molar-refractivity contribution in [3.8, 4) is 0 Å². The molecule has 0 saturated carbocycles. The Bertz CT molecular complexity index is 946. The number of nitrogens with two attached hydrogens (primary N) is 1. The molecule has 1 unspecified atom stereocenters. The van der Waals surface area contributed by atoms with Crippen LogP contribution in [0, 0.1) is 6.92 Å². The molecule has 7 heteroatoms. The maximum atomic E-state index is 12.7. The molecule has 5 N–H and O–H groups in total. The SMILES string of the molecule is Cc1cc(C(CN)C(=O)Nc2ccc3cnccc3c2)ccc1B(O)O. The molecule has 0 aliphatic rings. The second kappa shape index (κ2) is 7.66. The lowest BCUT2D eigenvalue weighted by atomic mass is 9.76. The van der Waals surface area contributed by atoms with E-state index >= 15 is 0 Å². The van der Waals surface area contributed by atoms with Gasteiger partial charge in [-0.15, -0.1) is 0 Å². The maximum Gasteiger partial charge on any atom is 0.488 e. The van der Waals surface area contributed by atoms with Gasteiger partial charge in [0, 0.05) is 30.0 Å². The summed E-state index contributed by atoms with van der Waals surface area (Å²) in [5.41, 5.74) is 8.36. The first-order valence-corrected chi connectivity index (χ1v) is 8.31. The number of fused-ring (bicyclic) bond motifs is 1. The summed E-state index contributed by atoms with van der Waals surface area (Å²) >= 11 is 0. The molecule has 0 radical (unpaired) electrons. The molecule has 0 aliphatic carbocycles. The molecule has 0 spiro atoms. The summed E-state index contributed by atoms with van der Waals surface area (Å²) in [5, 5.41) is 23.5. The van der Waals surface area contributed by atoms with E-state index < -0.39 is 13.0 Å². The highest BCUT2D eigenvalue weighted by Gasteiger charge is 2.22.